The molecule has 3 heteroatoms. The zero-order valence-corrected chi connectivity index (χ0v) is 17.7. The summed E-state index contributed by atoms with van der Waals surface area (Å²) < 4.78 is 0. The Labute approximate surface area is 173 Å². The molecule has 0 fully saturated rings. The van der Waals surface area contributed by atoms with Crippen LogP contribution in [-0.2, 0) is 19.5 Å². The van der Waals surface area contributed by atoms with Crippen LogP contribution in [0, 0.1) is 6.92 Å². The molecule has 0 spiro atoms. The van der Waals surface area contributed by atoms with E-state index in [9.17, 15) is 0 Å². The molecule has 0 saturated heterocycles. The van der Waals surface area contributed by atoms with Crippen LogP contribution in [0.5, 0.6) is 0 Å². The smallest absolute Gasteiger partial charge is 0.0591 e. The lowest BCUT2D eigenvalue weighted by Crippen LogP contribution is -2.26. The first-order valence-corrected chi connectivity index (χ1v) is 10.1. The van der Waals surface area contributed by atoms with Gasteiger partial charge in [0.05, 0.1) is 4.91 Å². The molecule has 0 aromatic heterocycles. The highest BCUT2D eigenvalue weighted by Gasteiger charge is 2.15. The molecule has 1 aliphatic rings. The summed E-state index contributed by atoms with van der Waals surface area (Å²) >= 11 is 9.23. The van der Waals surface area contributed by atoms with Crippen LogP contribution in [-0.4, -0.2) is 11.4 Å². The van der Waals surface area contributed by atoms with Gasteiger partial charge in [-0.05, 0) is 59.4 Å². The Morgan fingerprint density at radius 2 is 1.70 bits per heavy atom. The number of hydrogen-bond donors (Lipinski definition) is 2. The molecule has 2 aromatic rings. The first-order valence-electron chi connectivity index (χ1n) is 9.25. The zero-order chi connectivity index (χ0) is 19.2. The van der Waals surface area contributed by atoms with E-state index >= 15 is 0 Å². The van der Waals surface area contributed by atoms with Gasteiger partial charge in [0.2, 0.25) is 0 Å². The van der Waals surface area contributed by atoms with Crippen LogP contribution in [0.25, 0.3) is 0 Å². The third kappa shape index (κ3) is 5.11. The third-order valence-corrected chi connectivity index (χ3v) is 5.75. The lowest BCUT2D eigenvalue weighted by Gasteiger charge is -2.26. The largest absolute Gasteiger partial charge is 0.290 e. The molecule has 0 N–H and O–H groups in total. The van der Waals surface area contributed by atoms with E-state index in [-0.39, 0.29) is 0 Å². The number of nitrogens with zero attached hydrogens (tertiary/aromatic N) is 1. The summed E-state index contributed by atoms with van der Waals surface area (Å²) in [4.78, 5) is 4.35. The molecule has 27 heavy (non-hydrogen) atoms. The van der Waals surface area contributed by atoms with Gasteiger partial charge in [-0.3, -0.25) is 4.90 Å². The summed E-state index contributed by atoms with van der Waals surface area (Å²) in [5, 5.41) is 0. The molecule has 0 saturated carbocycles. The van der Waals surface area contributed by atoms with E-state index in [2.05, 4.69) is 97.9 Å². The van der Waals surface area contributed by atoms with E-state index in [4.69, 9.17) is 0 Å². The SMILES string of the molecule is CCc1cccc(C)c1CN(CC1=CC=C=C=C1S)Cc1ccccc1S. The number of hydrogen-bond acceptors (Lipinski definition) is 3. The van der Waals surface area contributed by atoms with Crippen LogP contribution in [0.15, 0.2) is 81.5 Å². The Balaban J connectivity index is 1.90. The van der Waals surface area contributed by atoms with Crippen molar-refractivity contribution in [2.45, 2.75) is 38.3 Å². The molecule has 1 nitrogen and oxygen atoms in total. The first kappa shape index (κ1) is 19.9. The highest BCUT2D eigenvalue weighted by molar-refractivity contribution is 7.84. The molecule has 0 heterocycles. The average molecular weight is 392 g/mol. The third-order valence-electron chi connectivity index (χ3n) is 4.91. The van der Waals surface area contributed by atoms with Crippen molar-refractivity contribution in [3.63, 3.8) is 0 Å². The Morgan fingerprint density at radius 3 is 2.44 bits per heavy atom. The maximum atomic E-state index is 4.65. The van der Waals surface area contributed by atoms with Gasteiger partial charge in [-0.2, -0.15) is 0 Å². The summed E-state index contributed by atoms with van der Waals surface area (Å²) in [7, 11) is 0. The van der Waals surface area contributed by atoms with Gasteiger partial charge in [-0.25, -0.2) is 0 Å². The molecule has 0 bridgehead atoms. The second kappa shape index (κ2) is 9.37. The van der Waals surface area contributed by atoms with E-state index in [0.29, 0.717) is 0 Å². The number of rotatable bonds is 7. The minimum absolute atomic E-state index is 0.809. The van der Waals surface area contributed by atoms with Crippen molar-refractivity contribution in [1.82, 2.24) is 4.90 Å². The number of aryl methyl sites for hydroxylation is 2. The van der Waals surface area contributed by atoms with Gasteiger partial charge in [-0.15, -0.1) is 25.3 Å². The van der Waals surface area contributed by atoms with Gasteiger partial charge in [0.25, 0.3) is 0 Å². The van der Waals surface area contributed by atoms with E-state index in [1.54, 1.807) is 0 Å². The second-order valence-corrected chi connectivity index (χ2v) is 7.75. The normalized spacial score (nSPS) is 13.1. The highest BCUT2D eigenvalue weighted by Crippen LogP contribution is 2.24. The number of allylic oxidation sites excluding steroid dienone is 2. The molecule has 0 aliphatic heterocycles. The van der Waals surface area contributed by atoms with Gasteiger partial charge >= 0.3 is 0 Å². The van der Waals surface area contributed by atoms with Crippen LogP contribution >= 0.6 is 25.3 Å². The highest BCUT2D eigenvalue weighted by atomic mass is 32.1. The Hall–Kier alpha value is -1.86. The number of thiol groups is 2. The van der Waals surface area contributed by atoms with Crippen molar-refractivity contribution in [2.24, 2.45) is 0 Å². The van der Waals surface area contributed by atoms with Crippen LogP contribution in [0.3, 0.4) is 0 Å². The zero-order valence-electron chi connectivity index (χ0n) is 15.9. The van der Waals surface area contributed by atoms with E-state index < -0.39 is 0 Å². The molecule has 3 rings (SSSR count). The Bertz CT molecular complexity index is 958. The summed E-state index contributed by atoms with van der Waals surface area (Å²) in [6.45, 7) is 6.96. The molecular weight excluding hydrogens is 366 g/mol. The fraction of sp³-hybridized carbons (Fsp3) is 0.250. The van der Waals surface area contributed by atoms with Gasteiger partial charge in [0.1, 0.15) is 0 Å². The fourth-order valence-electron chi connectivity index (χ4n) is 3.38. The molecule has 0 atom stereocenters. The summed E-state index contributed by atoms with van der Waals surface area (Å²) in [5.74, 6) is 0. The van der Waals surface area contributed by atoms with E-state index in [1.165, 1.54) is 27.8 Å². The minimum Gasteiger partial charge on any atom is -0.290 e. The van der Waals surface area contributed by atoms with Crippen molar-refractivity contribution in [2.75, 3.05) is 6.54 Å². The quantitative estimate of drug-likeness (QED) is 0.438. The summed E-state index contributed by atoms with van der Waals surface area (Å²) in [6, 6.07) is 14.9. The summed E-state index contributed by atoms with van der Waals surface area (Å²) in [5.41, 5.74) is 12.6. The molecule has 138 valence electrons. The van der Waals surface area contributed by atoms with Crippen molar-refractivity contribution in [3.8, 4) is 0 Å². The van der Waals surface area contributed by atoms with Gasteiger partial charge in [0, 0.05) is 24.5 Å². The predicted octanol–water partition coefficient (Wildman–Crippen LogP) is 5.91. The number of benzene rings is 2. The van der Waals surface area contributed by atoms with Crippen LogP contribution in [0.2, 0.25) is 0 Å². The van der Waals surface area contributed by atoms with Crippen LogP contribution in [0.4, 0.5) is 0 Å². The first-order chi connectivity index (χ1) is 13.1. The van der Waals surface area contributed by atoms with Crippen molar-refractivity contribution < 1.29 is 0 Å². The lowest BCUT2D eigenvalue weighted by molar-refractivity contribution is 0.278. The Kier molecular flexibility index (Phi) is 6.90. The molecule has 2 aromatic carbocycles. The topological polar surface area (TPSA) is 3.24 Å². The average Bonchev–Trinajstić information content (AvgIpc) is 2.67. The van der Waals surface area contributed by atoms with Gasteiger partial charge in [-0.1, -0.05) is 54.8 Å². The van der Waals surface area contributed by atoms with Crippen molar-refractivity contribution in [3.05, 3.63) is 98.8 Å². The van der Waals surface area contributed by atoms with Crippen molar-refractivity contribution >= 4 is 25.3 Å². The minimum atomic E-state index is 0.809. The second-order valence-electron chi connectivity index (χ2n) is 6.82. The standard InChI is InChI=1S/C24H25NS2/c1-3-19-12-8-9-18(2)22(19)17-25(15-20-10-4-6-13-23(20)26)16-21-11-5-7-14-24(21)27/h4-6,8-13,26-27H,3,15-17H2,1-2H3. The molecule has 0 radical (unpaired) electrons. The maximum absolute atomic E-state index is 4.65. The lowest BCUT2D eigenvalue weighted by atomic mass is 9.99. The Morgan fingerprint density at radius 1 is 0.926 bits per heavy atom. The fourth-order valence-corrected chi connectivity index (χ4v) is 3.82. The predicted molar refractivity (Wildman–Crippen MR) is 121 cm³/mol. The maximum Gasteiger partial charge on any atom is 0.0591 e. The van der Waals surface area contributed by atoms with E-state index in [0.717, 1.165) is 35.9 Å². The molecule has 0 amide bonds. The summed E-state index contributed by atoms with van der Waals surface area (Å²) in [6.07, 6.45) is 5.03. The molecule has 0 unspecified atom stereocenters. The van der Waals surface area contributed by atoms with Crippen LogP contribution < -0.4 is 0 Å². The molecular formula is C24H25NS2. The van der Waals surface area contributed by atoms with Crippen LogP contribution in [0.1, 0.15) is 29.2 Å². The van der Waals surface area contributed by atoms with Gasteiger partial charge in [0.15, 0.2) is 0 Å². The van der Waals surface area contributed by atoms with E-state index in [1.807, 2.05) is 12.1 Å². The van der Waals surface area contributed by atoms with Gasteiger partial charge < -0.3 is 0 Å². The van der Waals surface area contributed by atoms with Crippen molar-refractivity contribution in [1.29, 1.82) is 0 Å². The molecule has 1 aliphatic carbocycles. The monoisotopic (exact) mass is 391 g/mol.